The summed E-state index contributed by atoms with van der Waals surface area (Å²) in [5.74, 6) is -2.15. The van der Waals surface area contributed by atoms with Gasteiger partial charge >= 0.3 is 6.18 Å². The van der Waals surface area contributed by atoms with E-state index in [0.717, 1.165) is 0 Å². The standard InChI is InChI=1S/C27H25ClF4N6O4/c1-38-12-13-4-3-5-20(22(13)25(38)40)42-24-15(27(30,31)32)10-34-26(37-24)36-19-9-16(28)14(8-21(19)41-2)23(39)35-18-6-7-33-11-17(18)29/h3-5,8-10,17-18,33H,6-7,11-12H2,1-2H3,(H,35,39)(H,34,36,37)/t17-,18+/m1/s1. The second-order valence-electron chi connectivity index (χ2n) is 9.71. The van der Waals surface area contributed by atoms with Gasteiger partial charge in [0.25, 0.3) is 11.8 Å². The van der Waals surface area contributed by atoms with Crippen molar-refractivity contribution >= 4 is 35.1 Å². The first-order valence-corrected chi connectivity index (χ1v) is 13.1. The van der Waals surface area contributed by atoms with Crippen LogP contribution in [-0.4, -0.2) is 66.1 Å². The summed E-state index contributed by atoms with van der Waals surface area (Å²) < 4.78 is 66.7. The number of hydrogen-bond donors (Lipinski definition) is 3. The van der Waals surface area contributed by atoms with E-state index in [2.05, 4.69) is 25.9 Å². The summed E-state index contributed by atoms with van der Waals surface area (Å²) in [5, 5.41) is 8.23. The number of nitrogens with one attached hydrogen (secondary N) is 3. The van der Waals surface area contributed by atoms with E-state index >= 15 is 0 Å². The lowest BCUT2D eigenvalue weighted by atomic mass is 10.0. The smallest absolute Gasteiger partial charge is 0.423 e. The Bertz CT molecular complexity index is 1540. The van der Waals surface area contributed by atoms with E-state index in [9.17, 15) is 27.2 Å². The van der Waals surface area contributed by atoms with Crippen molar-refractivity contribution in [2.24, 2.45) is 0 Å². The van der Waals surface area contributed by atoms with E-state index in [1.807, 2.05) is 0 Å². The molecule has 2 aliphatic rings. The topological polar surface area (TPSA) is 118 Å². The first kappa shape index (κ1) is 29.3. The fraction of sp³-hybridized carbons (Fsp3) is 0.333. The molecule has 3 aromatic rings. The molecule has 3 N–H and O–H groups in total. The van der Waals surface area contributed by atoms with Crippen molar-refractivity contribution in [1.29, 1.82) is 0 Å². The molecule has 2 aromatic carbocycles. The number of rotatable bonds is 7. The number of hydrogen-bond acceptors (Lipinski definition) is 8. The Balaban J connectivity index is 1.44. The Hall–Kier alpha value is -4.17. The maximum atomic E-state index is 14.2. The summed E-state index contributed by atoms with van der Waals surface area (Å²) in [7, 11) is 2.88. The van der Waals surface area contributed by atoms with Crippen molar-refractivity contribution in [1.82, 2.24) is 25.5 Å². The predicted molar refractivity (Wildman–Crippen MR) is 144 cm³/mol. The van der Waals surface area contributed by atoms with Crippen molar-refractivity contribution in [3.8, 4) is 17.4 Å². The first-order valence-electron chi connectivity index (χ1n) is 12.8. The molecule has 3 heterocycles. The average Bonchev–Trinajstić information content (AvgIpc) is 3.23. The van der Waals surface area contributed by atoms with Crippen LogP contribution in [0.4, 0.5) is 29.2 Å². The van der Waals surface area contributed by atoms with E-state index in [0.29, 0.717) is 24.7 Å². The number of methoxy groups -OCH3 is 1. The molecule has 0 saturated carbocycles. The molecule has 1 fully saturated rings. The van der Waals surface area contributed by atoms with Crippen LogP contribution in [0.5, 0.6) is 17.4 Å². The van der Waals surface area contributed by atoms with Gasteiger partial charge in [-0.1, -0.05) is 23.7 Å². The van der Waals surface area contributed by atoms with Gasteiger partial charge in [-0.25, -0.2) is 9.37 Å². The summed E-state index contributed by atoms with van der Waals surface area (Å²) in [6.07, 6.45) is -5.19. The highest BCUT2D eigenvalue weighted by Crippen LogP contribution is 2.40. The lowest BCUT2D eigenvalue weighted by Crippen LogP contribution is -2.50. The lowest BCUT2D eigenvalue weighted by Gasteiger charge is -2.27. The van der Waals surface area contributed by atoms with Gasteiger partial charge < -0.3 is 30.3 Å². The van der Waals surface area contributed by atoms with Crippen molar-refractivity contribution in [2.75, 3.05) is 32.6 Å². The number of aromatic nitrogens is 2. The zero-order chi connectivity index (χ0) is 30.2. The number of ether oxygens (including phenoxy) is 2. The molecule has 222 valence electrons. The molecular weight excluding hydrogens is 584 g/mol. The number of benzene rings is 2. The highest BCUT2D eigenvalue weighted by Gasteiger charge is 2.38. The number of carbonyl (C=O) groups excluding carboxylic acids is 2. The molecule has 15 heteroatoms. The number of halogens is 5. The molecule has 0 spiro atoms. The molecular formula is C27H25ClF4N6O4. The van der Waals surface area contributed by atoms with Crippen molar-refractivity contribution < 1.29 is 36.6 Å². The molecule has 2 atom stereocenters. The van der Waals surface area contributed by atoms with Gasteiger partial charge in [0.15, 0.2) is 0 Å². The fourth-order valence-corrected chi connectivity index (χ4v) is 4.95. The summed E-state index contributed by atoms with van der Waals surface area (Å²) in [5.41, 5.74) is -0.369. The zero-order valence-electron chi connectivity index (χ0n) is 22.3. The van der Waals surface area contributed by atoms with Crippen molar-refractivity contribution in [2.45, 2.75) is 31.4 Å². The van der Waals surface area contributed by atoms with Crippen LogP contribution in [0.2, 0.25) is 5.02 Å². The quantitative estimate of drug-likeness (QED) is 0.330. The minimum absolute atomic E-state index is 0.00901. The molecule has 0 bridgehead atoms. The Kier molecular flexibility index (Phi) is 8.10. The Morgan fingerprint density at radius 1 is 1.24 bits per heavy atom. The maximum absolute atomic E-state index is 14.2. The third-order valence-corrected chi connectivity index (χ3v) is 7.16. The number of fused-ring (bicyclic) bond motifs is 1. The third-order valence-electron chi connectivity index (χ3n) is 6.85. The van der Waals surface area contributed by atoms with Crippen LogP contribution in [0.15, 0.2) is 36.5 Å². The number of nitrogens with zero attached hydrogens (tertiary/aromatic N) is 3. The number of anilines is 2. The Morgan fingerprint density at radius 2 is 2.02 bits per heavy atom. The van der Waals surface area contributed by atoms with E-state index in [1.54, 1.807) is 19.2 Å². The molecule has 10 nitrogen and oxygen atoms in total. The molecule has 5 rings (SSSR count). The summed E-state index contributed by atoms with van der Waals surface area (Å²) >= 11 is 6.36. The number of piperidine rings is 1. The summed E-state index contributed by atoms with van der Waals surface area (Å²) in [4.78, 5) is 34.6. The van der Waals surface area contributed by atoms with Gasteiger partial charge in [-0.15, -0.1) is 0 Å². The largest absolute Gasteiger partial charge is 0.495 e. The fourth-order valence-electron chi connectivity index (χ4n) is 4.70. The minimum Gasteiger partial charge on any atom is -0.495 e. The second kappa shape index (κ2) is 11.6. The van der Waals surface area contributed by atoms with Gasteiger partial charge in [-0.2, -0.15) is 18.2 Å². The molecule has 0 aliphatic carbocycles. The molecule has 2 aliphatic heterocycles. The van der Waals surface area contributed by atoms with E-state index in [4.69, 9.17) is 21.1 Å². The van der Waals surface area contributed by atoms with Gasteiger partial charge in [-0.3, -0.25) is 9.59 Å². The third kappa shape index (κ3) is 5.90. The number of alkyl halides is 4. The number of amides is 2. The van der Waals surface area contributed by atoms with Crippen LogP contribution in [0.1, 0.15) is 38.3 Å². The van der Waals surface area contributed by atoms with Crippen molar-refractivity contribution in [3.05, 3.63) is 63.8 Å². The van der Waals surface area contributed by atoms with Crippen LogP contribution in [-0.2, 0) is 12.7 Å². The lowest BCUT2D eigenvalue weighted by molar-refractivity contribution is -0.139. The Morgan fingerprint density at radius 3 is 2.74 bits per heavy atom. The van der Waals surface area contributed by atoms with Crippen LogP contribution in [0.25, 0.3) is 0 Å². The SMILES string of the molecule is COc1cc(C(=O)N[C@H]2CCNC[C@H]2F)c(Cl)cc1Nc1ncc(C(F)(F)F)c(Oc2cccc3c2C(=O)N(C)C3)n1. The van der Waals surface area contributed by atoms with E-state index in [-0.39, 0.29) is 52.4 Å². The van der Waals surface area contributed by atoms with Gasteiger partial charge in [0.2, 0.25) is 11.8 Å². The van der Waals surface area contributed by atoms with Crippen molar-refractivity contribution in [3.63, 3.8) is 0 Å². The highest BCUT2D eigenvalue weighted by atomic mass is 35.5. The van der Waals surface area contributed by atoms with E-state index < -0.39 is 41.6 Å². The highest BCUT2D eigenvalue weighted by molar-refractivity contribution is 6.34. The molecule has 42 heavy (non-hydrogen) atoms. The second-order valence-corrected chi connectivity index (χ2v) is 10.1. The molecule has 1 aromatic heterocycles. The van der Waals surface area contributed by atoms with Crippen LogP contribution in [0.3, 0.4) is 0 Å². The summed E-state index contributed by atoms with van der Waals surface area (Å²) in [6.45, 7) is 0.947. The predicted octanol–water partition coefficient (Wildman–Crippen LogP) is 4.71. The average molecular weight is 609 g/mol. The first-order chi connectivity index (χ1) is 20.0. The molecule has 0 unspecified atom stereocenters. The van der Waals surface area contributed by atoms with Gasteiger partial charge in [0.05, 0.1) is 35.0 Å². The monoisotopic (exact) mass is 608 g/mol. The van der Waals surface area contributed by atoms with Crippen LogP contribution < -0.4 is 25.4 Å². The number of carbonyl (C=O) groups is 2. The van der Waals surface area contributed by atoms with Gasteiger partial charge in [0.1, 0.15) is 23.2 Å². The zero-order valence-corrected chi connectivity index (χ0v) is 23.1. The van der Waals surface area contributed by atoms with Crippen LogP contribution >= 0.6 is 11.6 Å². The van der Waals surface area contributed by atoms with Gasteiger partial charge in [0, 0.05) is 26.3 Å². The van der Waals surface area contributed by atoms with E-state index in [1.165, 1.54) is 30.2 Å². The Labute approximate surface area is 242 Å². The maximum Gasteiger partial charge on any atom is 0.423 e. The normalized spacial score (nSPS) is 18.5. The minimum atomic E-state index is -4.87. The molecule has 2 amide bonds. The summed E-state index contributed by atoms with van der Waals surface area (Å²) in [6, 6.07) is 6.56. The van der Waals surface area contributed by atoms with Crippen LogP contribution in [0, 0.1) is 0 Å². The molecule has 0 radical (unpaired) electrons. The molecule has 1 saturated heterocycles. The van der Waals surface area contributed by atoms with Gasteiger partial charge in [-0.05, 0) is 36.7 Å².